The second-order valence-electron chi connectivity index (χ2n) is 14.5. The Morgan fingerprint density at radius 2 is 1.63 bits per heavy atom. The lowest BCUT2D eigenvalue weighted by atomic mass is 9.39. The maximum Gasteiger partial charge on any atom is 0.194 e. The van der Waals surface area contributed by atoms with E-state index in [1.807, 2.05) is 6.92 Å². The Kier molecular flexibility index (Phi) is 6.53. The fourth-order valence-electron chi connectivity index (χ4n) is 9.61. The number of aliphatic hydroxyl groups excluding tert-OH is 3. The van der Waals surface area contributed by atoms with Crippen LogP contribution in [-0.4, -0.2) is 50.1 Å². The van der Waals surface area contributed by atoms with Crippen LogP contribution in [0.1, 0.15) is 100 Å². The highest BCUT2D eigenvalue weighted by atomic mass is 16.3. The molecule has 0 aromatic carbocycles. The van der Waals surface area contributed by atoms with Gasteiger partial charge in [0.25, 0.3) is 0 Å². The molecule has 0 aromatic heterocycles. The summed E-state index contributed by atoms with van der Waals surface area (Å²) in [5.74, 6) is 0.281. The maximum atomic E-state index is 12.5. The summed E-state index contributed by atoms with van der Waals surface area (Å²) < 4.78 is 0. The summed E-state index contributed by atoms with van der Waals surface area (Å²) in [6.07, 6.45) is 6.64. The Bertz CT molecular complexity index is 886. The number of ketones is 1. The van der Waals surface area contributed by atoms with E-state index in [2.05, 4.69) is 40.7 Å². The third-order valence-electron chi connectivity index (χ3n) is 12.3. The van der Waals surface area contributed by atoms with Crippen LogP contribution in [0.2, 0.25) is 0 Å². The third-order valence-corrected chi connectivity index (χ3v) is 12.3. The fraction of sp³-hybridized carbons (Fsp3) is 0.900. The van der Waals surface area contributed by atoms with Crippen molar-refractivity contribution < 1.29 is 25.2 Å². The molecule has 4 aliphatic carbocycles. The number of fused-ring (bicyclic) bond motifs is 5. The van der Waals surface area contributed by atoms with Crippen LogP contribution in [0.15, 0.2) is 11.6 Å². The number of carbonyl (C=O) groups is 1. The first-order chi connectivity index (χ1) is 15.9. The van der Waals surface area contributed by atoms with Gasteiger partial charge in [-0.05, 0) is 98.7 Å². The van der Waals surface area contributed by atoms with E-state index in [-0.39, 0.29) is 39.6 Å². The molecule has 3 saturated carbocycles. The normalized spacial score (nSPS) is 45.4. The summed E-state index contributed by atoms with van der Waals surface area (Å²) in [7, 11) is 0. The zero-order chi connectivity index (χ0) is 26.4. The summed E-state index contributed by atoms with van der Waals surface area (Å²) in [6.45, 7) is 16.5. The Balaban J connectivity index is 1.63. The molecule has 200 valence electrons. The molecule has 4 rings (SSSR count). The molecule has 5 nitrogen and oxygen atoms in total. The number of aliphatic hydroxyl groups is 4. The van der Waals surface area contributed by atoms with Crippen molar-refractivity contribution in [2.75, 3.05) is 0 Å². The van der Waals surface area contributed by atoms with E-state index in [9.17, 15) is 25.2 Å². The molecular weight excluding hydrogens is 440 g/mol. The Morgan fingerprint density at radius 1 is 1.00 bits per heavy atom. The summed E-state index contributed by atoms with van der Waals surface area (Å²) in [4.78, 5) is 12.5. The largest absolute Gasteiger partial charge is 0.392 e. The highest BCUT2D eigenvalue weighted by molar-refractivity contribution is 5.90. The van der Waals surface area contributed by atoms with Gasteiger partial charge < -0.3 is 20.4 Å². The molecule has 35 heavy (non-hydrogen) atoms. The van der Waals surface area contributed by atoms with Gasteiger partial charge in [0.15, 0.2) is 5.78 Å². The lowest BCUT2D eigenvalue weighted by Crippen LogP contribution is -2.59. The van der Waals surface area contributed by atoms with Gasteiger partial charge in [0, 0.05) is 5.41 Å². The summed E-state index contributed by atoms with van der Waals surface area (Å²) in [5.41, 5.74) is -0.0692. The first kappa shape index (κ1) is 27.3. The number of allylic oxidation sites excluding steroid dienone is 1. The Hall–Kier alpha value is -0.750. The van der Waals surface area contributed by atoms with Crippen molar-refractivity contribution in [3.8, 4) is 0 Å². The summed E-state index contributed by atoms with van der Waals surface area (Å²) in [6, 6.07) is 0. The smallest absolute Gasteiger partial charge is 0.194 e. The number of Topliss-reactive ketones (excluding diaryl/α,β-unsaturated/α-hetero) is 1. The molecule has 5 heteroatoms. The Labute approximate surface area is 212 Å². The molecule has 3 fully saturated rings. The number of hydrogen-bond acceptors (Lipinski definition) is 5. The van der Waals surface area contributed by atoms with E-state index in [0.717, 1.165) is 44.9 Å². The highest BCUT2D eigenvalue weighted by Crippen LogP contribution is 2.75. The van der Waals surface area contributed by atoms with Crippen molar-refractivity contribution >= 4 is 5.78 Å². The molecule has 0 bridgehead atoms. The van der Waals surface area contributed by atoms with Gasteiger partial charge in [0.1, 0.15) is 11.7 Å². The van der Waals surface area contributed by atoms with Crippen LogP contribution in [0.3, 0.4) is 0 Å². The van der Waals surface area contributed by atoms with Gasteiger partial charge in [-0.1, -0.05) is 53.2 Å². The second kappa shape index (κ2) is 8.38. The van der Waals surface area contributed by atoms with Gasteiger partial charge in [-0.15, -0.1) is 0 Å². The average Bonchev–Trinajstić information content (AvgIpc) is 3.05. The molecule has 0 amide bonds. The first-order valence-corrected chi connectivity index (χ1v) is 13.9. The highest BCUT2D eigenvalue weighted by Gasteiger charge is 2.67. The van der Waals surface area contributed by atoms with Gasteiger partial charge >= 0.3 is 0 Å². The lowest BCUT2D eigenvalue weighted by molar-refractivity contribution is -0.162. The van der Waals surface area contributed by atoms with E-state index in [4.69, 9.17) is 0 Å². The standard InChI is InChI=1S/C30H50O5/c1-17(23(32)24(33)25(34)27(4,5)35)18-13-14-30(8)21-11-9-19-20(10-12-22(31)26(19,2)3)28(21,6)15-16-29(18,30)7/h9,17-18,20-24,31-33,35H,10-16H2,1-8H3/t17-,18+,20?,21+,22-,23-,24+,28-,29+,30-/m0/s1. The van der Waals surface area contributed by atoms with Gasteiger partial charge in [0.05, 0.1) is 12.2 Å². The molecule has 1 unspecified atom stereocenters. The minimum absolute atomic E-state index is 0.00408. The molecule has 10 atom stereocenters. The molecule has 0 saturated heterocycles. The maximum absolute atomic E-state index is 12.5. The van der Waals surface area contributed by atoms with Crippen LogP contribution in [-0.2, 0) is 4.79 Å². The zero-order valence-electron chi connectivity index (χ0n) is 23.3. The van der Waals surface area contributed by atoms with Crippen molar-refractivity contribution in [2.45, 2.75) is 124 Å². The summed E-state index contributed by atoms with van der Waals surface area (Å²) >= 11 is 0. The predicted octanol–water partition coefficient (Wildman–Crippen LogP) is 4.65. The van der Waals surface area contributed by atoms with E-state index < -0.39 is 23.6 Å². The van der Waals surface area contributed by atoms with Crippen molar-refractivity contribution in [3.63, 3.8) is 0 Å². The van der Waals surface area contributed by atoms with Crippen molar-refractivity contribution in [1.82, 2.24) is 0 Å². The average molecular weight is 491 g/mol. The fourth-order valence-corrected chi connectivity index (χ4v) is 9.61. The number of hydrogen-bond donors (Lipinski definition) is 4. The van der Waals surface area contributed by atoms with Crippen LogP contribution in [0.25, 0.3) is 0 Å². The summed E-state index contributed by atoms with van der Waals surface area (Å²) in [5, 5.41) is 42.6. The van der Waals surface area contributed by atoms with Crippen LogP contribution >= 0.6 is 0 Å². The van der Waals surface area contributed by atoms with E-state index in [1.165, 1.54) is 19.4 Å². The minimum Gasteiger partial charge on any atom is -0.392 e. The molecule has 4 N–H and O–H groups in total. The molecule has 0 aliphatic heterocycles. The van der Waals surface area contributed by atoms with Gasteiger partial charge in [-0.3, -0.25) is 4.79 Å². The molecule has 0 heterocycles. The quantitative estimate of drug-likeness (QED) is 0.421. The molecule has 0 spiro atoms. The van der Waals surface area contributed by atoms with Crippen LogP contribution in [0.4, 0.5) is 0 Å². The van der Waals surface area contributed by atoms with Crippen LogP contribution in [0.5, 0.6) is 0 Å². The van der Waals surface area contributed by atoms with Crippen molar-refractivity contribution in [2.24, 2.45) is 45.3 Å². The van der Waals surface area contributed by atoms with E-state index >= 15 is 0 Å². The SMILES string of the molecule is C[C@H]([C@H](O)[C@@H](O)C(=O)C(C)(C)O)[C@H]1CC[C@@]2(C)[C@@H]3CC=C4C(CC[C@H](O)C4(C)C)[C@]3(C)CC[C@]12C. The van der Waals surface area contributed by atoms with Crippen LogP contribution in [0, 0.1) is 45.3 Å². The lowest BCUT2D eigenvalue weighted by Gasteiger charge is -2.66. The molecule has 4 aliphatic rings. The van der Waals surface area contributed by atoms with Gasteiger partial charge in [-0.2, -0.15) is 0 Å². The molecule has 0 aromatic rings. The van der Waals surface area contributed by atoms with E-state index in [0.29, 0.717) is 11.8 Å². The third kappa shape index (κ3) is 3.73. The first-order valence-electron chi connectivity index (χ1n) is 13.9. The van der Waals surface area contributed by atoms with Gasteiger partial charge in [-0.25, -0.2) is 0 Å². The number of carbonyl (C=O) groups excluding carboxylic acids is 1. The molecule has 0 radical (unpaired) electrons. The van der Waals surface area contributed by atoms with E-state index in [1.54, 1.807) is 0 Å². The monoisotopic (exact) mass is 490 g/mol. The van der Waals surface area contributed by atoms with Crippen molar-refractivity contribution in [1.29, 1.82) is 0 Å². The zero-order valence-corrected chi connectivity index (χ0v) is 23.3. The molecular formula is C30H50O5. The van der Waals surface area contributed by atoms with Crippen LogP contribution < -0.4 is 0 Å². The Morgan fingerprint density at radius 3 is 2.23 bits per heavy atom. The topological polar surface area (TPSA) is 98.0 Å². The second-order valence-corrected chi connectivity index (χ2v) is 14.5. The number of rotatable bonds is 5. The van der Waals surface area contributed by atoms with Crippen molar-refractivity contribution in [3.05, 3.63) is 11.6 Å². The minimum atomic E-state index is -1.67. The predicted molar refractivity (Wildman–Crippen MR) is 137 cm³/mol. The van der Waals surface area contributed by atoms with Gasteiger partial charge in [0.2, 0.25) is 0 Å².